The molecule has 0 spiro atoms. The summed E-state index contributed by atoms with van der Waals surface area (Å²) in [6, 6.07) is 11.6. The lowest BCUT2D eigenvalue weighted by atomic mass is 9.85. The Morgan fingerprint density at radius 3 is 2.81 bits per heavy atom. The Morgan fingerprint density at radius 2 is 2.00 bits per heavy atom. The molecule has 0 unspecified atom stereocenters. The number of benzene rings is 1. The number of alkyl carbamates (subject to hydrolysis) is 1. The Morgan fingerprint density at radius 1 is 1.19 bits per heavy atom. The molecule has 10 heteroatoms. The molecule has 2 aliphatic rings. The third kappa shape index (κ3) is 4.26. The van der Waals surface area contributed by atoms with Gasteiger partial charge in [-0.2, -0.15) is 0 Å². The monoisotopic (exact) mass is 525 g/mol. The summed E-state index contributed by atoms with van der Waals surface area (Å²) in [6.45, 7) is 4.49. The van der Waals surface area contributed by atoms with Gasteiger partial charge in [0.05, 0.1) is 29.0 Å². The van der Waals surface area contributed by atoms with Gasteiger partial charge < -0.3 is 19.4 Å². The number of aromatic nitrogens is 2. The van der Waals surface area contributed by atoms with Crippen LogP contribution in [0.15, 0.2) is 41.2 Å². The van der Waals surface area contributed by atoms with Gasteiger partial charge in [0.15, 0.2) is 0 Å². The summed E-state index contributed by atoms with van der Waals surface area (Å²) in [5.74, 6) is 1.09. The number of carbonyl (C=O) groups is 2. The fraction of sp³-hybridized carbons (Fsp3) is 0.385. The van der Waals surface area contributed by atoms with Crippen LogP contribution >= 0.6 is 21.6 Å². The molecule has 1 amide bonds. The van der Waals surface area contributed by atoms with Crippen LogP contribution in [0, 0.1) is 0 Å². The van der Waals surface area contributed by atoms with Crippen molar-refractivity contribution in [2.24, 2.45) is 0 Å². The molecular weight excluding hydrogens is 498 g/mol. The van der Waals surface area contributed by atoms with Crippen LogP contribution in [-0.4, -0.2) is 39.7 Å². The Labute approximate surface area is 216 Å². The van der Waals surface area contributed by atoms with Gasteiger partial charge in [-0.25, -0.2) is 14.6 Å². The molecule has 1 N–H and O–H groups in total. The Kier molecular flexibility index (Phi) is 6.98. The maximum Gasteiger partial charge on any atom is 0.408 e. The number of esters is 1. The number of hydrogen-bond donors (Lipinski definition) is 1. The number of nitrogens with one attached hydrogen (secondary N) is 1. The van der Waals surface area contributed by atoms with Crippen LogP contribution < -0.4 is 10.9 Å². The van der Waals surface area contributed by atoms with Crippen molar-refractivity contribution >= 4 is 44.6 Å². The van der Waals surface area contributed by atoms with E-state index in [0.717, 1.165) is 28.6 Å². The molecule has 2 aliphatic heterocycles. The van der Waals surface area contributed by atoms with Gasteiger partial charge in [-0.15, -0.1) is 0 Å². The largest absolute Gasteiger partial charge is 0.457 e. The van der Waals surface area contributed by atoms with E-state index >= 15 is 0 Å². The number of fused-ring (bicyclic) bond motifs is 5. The predicted octanol–water partition coefficient (Wildman–Crippen LogP) is 4.60. The molecule has 0 aliphatic carbocycles. The summed E-state index contributed by atoms with van der Waals surface area (Å²) in [5, 5.41) is 3.72. The minimum Gasteiger partial charge on any atom is -0.457 e. The maximum absolute atomic E-state index is 13.5. The number of ether oxygens (including phenoxy) is 2. The van der Waals surface area contributed by atoms with E-state index in [1.807, 2.05) is 30.3 Å². The number of carbonyl (C=O) groups excluding carboxylic acids is 2. The lowest BCUT2D eigenvalue weighted by Crippen LogP contribution is -2.49. The van der Waals surface area contributed by atoms with Gasteiger partial charge in [-0.3, -0.25) is 4.79 Å². The fourth-order valence-corrected chi connectivity index (χ4v) is 6.72. The molecule has 4 heterocycles. The highest BCUT2D eigenvalue weighted by atomic mass is 33.1. The molecule has 36 heavy (non-hydrogen) atoms. The van der Waals surface area contributed by atoms with Gasteiger partial charge in [0.1, 0.15) is 6.61 Å². The summed E-state index contributed by atoms with van der Waals surface area (Å²) >= 11 is 0. The molecule has 0 radical (unpaired) electrons. The summed E-state index contributed by atoms with van der Waals surface area (Å²) in [7, 11) is 3.42. The van der Waals surface area contributed by atoms with Crippen LogP contribution in [0.25, 0.3) is 22.3 Å². The minimum atomic E-state index is -1.70. The first-order valence-corrected chi connectivity index (χ1v) is 14.5. The predicted molar refractivity (Wildman–Crippen MR) is 142 cm³/mol. The molecule has 8 nitrogen and oxygen atoms in total. The molecule has 5 rings (SSSR count). The van der Waals surface area contributed by atoms with Crippen molar-refractivity contribution in [2.75, 3.05) is 18.1 Å². The topological polar surface area (TPSA) is 99.5 Å². The molecule has 2 aromatic heterocycles. The van der Waals surface area contributed by atoms with Gasteiger partial charge in [0.2, 0.25) is 5.60 Å². The summed E-state index contributed by atoms with van der Waals surface area (Å²) in [6.07, 6.45) is 0.509. The van der Waals surface area contributed by atoms with Crippen LogP contribution in [-0.2, 0) is 33.0 Å². The lowest BCUT2D eigenvalue weighted by molar-refractivity contribution is -0.172. The highest BCUT2D eigenvalue weighted by Crippen LogP contribution is 2.40. The standard InChI is InChI=1S/C26H27N3O5S2/c1-3-10-35-36-11-9-27-25(32)34-26(4-2)19-13-21-22-17(12-16-7-5-6-8-20(16)28-22)14-29(21)23(30)18(19)15-33-24(26)31/h5-8,12-13H,3-4,9-11,14-15H2,1-2H3,(H,27,32)/t26-/m0/s1. The highest BCUT2D eigenvalue weighted by molar-refractivity contribution is 8.76. The molecule has 1 atom stereocenters. The number of rotatable bonds is 8. The van der Waals surface area contributed by atoms with Crippen molar-refractivity contribution in [3.8, 4) is 11.4 Å². The second kappa shape index (κ2) is 10.2. The Balaban J connectivity index is 1.49. The van der Waals surface area contributed by atoms with Crippen LogP contribution in [0.3, 0.4) is 0 Å². The van der Waals surface area contributed by atoms with Gasteiger partial charge in [-0.05, 0) is 31.0 Å². The van der Waals surface area contributed by atoms with E-state index < -0.39 is 17.7 Å². The molecule has 0 fully saturated rings. The average molecular weight is 526 g/mol. The quantitative estimate of drug-likeness (QED) is 0.202. The van der Waals surface area contributed by atoms with Crippen molar-refractivity contribution in [3.63, 3.8) is 0 Å². The number of para-hydroxylation sites is 1. The lowest BCUT2D eigenvalue weighted by Gasteiger charge is -2.35. The maximum atomic E-state index is 13.5. The summed E-state index contributed by atoms with van der Waals surface area (Å²) < 4.78 is 12.8. The SMILES string of the molecule is CCCSSCCNC(=O)O[C@]1(CC)C(=O)OCc2c1cc1n(c2=O)Cc2cc3ccccc3nc2-1. The third-order valence-corrected chi connectivity index (χ3v) is 9.09. The first kappa shape index (κ1) is 24.7. The zero-order valence-electron chi connectivity index (χ0n) is 20.2. The highest BCUT2D eigenvalue weighted by Gasteiger charge is 2.50. The minimum absolute atomic E-state index is 0.133. The molecule has 188 valence electrons. The molecule has 1 aromatic carbocycles. The van der Waals surface area contributed by atoms with E-state index in [-0.39, 0.29) is 18.6 Å². The first-order valence-electron chi connectivity index (χ1n) is 12.0. The van der Waals surface area contributed by atoms with Crippen molar-refractivity contribution in [2.45, 2.75) is 45.4 Å². The number of cyclic esters (lactones) is 1. The zero-order chi connectivity index (χ0) is 25.3. The van der Waals surface area contributed by atoms with Crippen molar-refractivity contribution in [1.29, 1.82) is 0 Å². The third-order valence-electron chi connectivity index (χ3n) is 6.48. The van der Waals surface area contributed by atoms with Gasteiger partial charge in [-0.1, -0.05) is 53.6 Å². The molecule has 0 saturated heterocycles. The van der Waals surface area contributed by atoms with Gasteiger partial charge in [0.25, 0.3) is 5.56 Å². The normalized spacial score (nSPS) is 17.8. The number of pyridine rings is 2. The average Bonchev–Trinajstić information content (AvgIpc) is 3.24. The number of nitrogens with zero attached hydrogens (tertiary/aromatic N) is 2. The molecule has 3 aromatic rings. The smallest absolute Gasteiger partial charge is 0.408 e. The van der Waals surface area contributed by atoms with Crippen molar-refractivity contribution < 1.29 is 19.1 Å². The van der Waals surface area contributed by atoms with E-state index in [1.165, 1.54) is 0 Å². The van der Waals surface area contributed by atoms with Crippen LogP contribution in [0.4, 0.5) is 4.79 Å². The van der Waals surface area contributed by atoms with E-state index in [0.29, 0.717) is 41.4 Å². The van der Waals surface area contributed by atoms with E-state index in [1.54, 1.807) is 39.1 Å². The second-order valence-corrected chi connectivity index (χ2v) is 11.4. The fourth-order valence-electron chi connectivity index (χ4n) is 4.67. The number of amides is 1. The van der Waals surface area contributed by atoms with Crippen molar-refractivity contribution in [3.05, 3.63) is 63.4 Å². The van der Waals surface area contributed by atoms with E-state index in [9.17, 15) is 14.4 Å². The zero-order valence-corrected chi connectivity index (χ0v) is 21.8. The van der Waals surface area contributed by atoms with E-state index in [2.05, 4.69) is 12.2 Å². The van der Waals surface area contributed by atoms with Crippen molar-refractivity contribution in [1.82, 2.24) is 14.9 Å². The number of hydrogen-bond acceptors (Lipinski definition) is 8. The summed E-state index contributed by atoms with van der Waals surface area (Å²) in [4.78, 5) is 44.2. The molecule has 0 bridgehead atoms. The molecule has 0 saturated carbocycles. The Hall–Kier alpha value is -2.98. The summed E-state index contributed by atoms with van der Waals surface area (Å²) in [5.41, 5.74) is 1.81. The van der Waals surface area contributed by atoms with Crippen LogP contribution in [0.2, 0.25) is 0 Å². The van der Waals surface area contributed by atoms with Gasteiger partial charge >= 0.3 is 12.1 Å². The second-order valence-electron chi connectivity index (χ2n) is 8.72. The molecular formula is C26H27N3O5S2. The van der Waals surface area contributed by atoms with E-state index in [4.69, 9.17) is 14.5 Å². The van der Waals surface area contributed by atoms with Gasteiger partial charge in [0, 0.05) is 34.6 Å². The van der Waals surface area contributed by atoms with Crippen LogP contribution in [0.1, 0.15) is 43.4 Å². The first-order chi connectivity index (χ1) is 17.5. The Bertz CT molecular complexity index is 1410. The van der Waals surface area contributed by atoms with Crippen LogP contribution in [0.5, 0.6) is 0 Å².